The highest BCUT2D eigenvalue weighted by molar-refractivity contribution is 7.80. The van der Waals surface area contributed by atoms with Crippen LogP contribution in [0.4, 0.5) is 0 Å². The molecule has 0 aliphatic heterocycles. The summed E-state index contributed by atoms with van der Waals surface area (Å²) in [6, 6.07) is -1.63. The summed E-state index contributed by atoms with van der Waals surface area (Å²) in [6.07, 6.45) is 0. The largest absolute Gasteiger partial charge is 0.480 e. The third-order valence-electron chi connectivity index (χ3n) is 1.03. The molecule has 0 aromatic carbocycles. The summed E-state index contributed by atoms with van der Waals surface area (Å²) >= 11 is 7.30. The molecule has 0 rings (SSSR count). The Morgan fingerprint density at radius 3 is 1.21 bits per heavy atom. The Morgan fingerprint density at radius 2 is 1.21 bits per heavy atom. The van der Waals surface area contributed by atoms with Crippen molar-refractivity contribution >= 4 is 37.2 Å². The minimum atomic E-state index is -1.00. The lowest BCUT2D eigenvalue weighted by molar-refractivity contribution is -0.138. The lowest BCUT2D eigenvalue weighted by Crippen LogP contribution is -2.31. The minimum absolute atomic E-state index is 0.190. The Balaban J connectivity index is 0. The summed E-state index contributed by atoms with van der Waals surface area (Å²) in [5, 5.41) is 16.0. The number of carboxylic acid groups (broad SMARTS) is 2. The SMILES string of the molecule is N[C@H](CS)C(=O)O.N[C@H](CS)C(=O)O. The molecule has 0 aromatic heterocycles. The normalized spacial score (nSPS) is 13.4. The van der Waals surface area contributed by atoms with Crippen LogP contribution in [0, 0.1) is 0 Å². The van der Waals surface area contributed by atoms with E-state index >= 15 is 0 Å². The zero-order valence-electron chi connectivity index (χ0n) is 7.33. The number of hydrogen-bond acceptors (Lipinski definition) is 6. The van der Waals surface area contributed by atoms with Crippen molar-refractivity contribution in [2.75, 3.05) is 11.5 Å². The van der Waals surface area contributed by atoms with Gasteiger partial charge in [-0.25, -0.2) is 0 Å². The molecule has 0 aromatic rings. The molecule has 0 aliphatic rings. The molecule has 8 heteroatoms. The molecule has 0 spiro atoms. The summed E-state index contributed by atoms with van der Waals surface area (Å²) in [6.45, 7) is 0. The van der Waals surface area contributed by atoms with Gasteiger partial charge in [-0.3, -0.25) is 9.59 Å². The first-order chi connectivity index (χ1) is 6.36. The van der Waals surface area contributed by atoms with Crippen LogP contribution < -0.4 is 11.5 Å². The summed E-state index contributed by atoms with van der Waals surface area (Å²) in [5.74, 6) is -1.63. The predicted molar refractivity (Wildman–Crippen MR) is 58.9 cm³/mol. The van der Waals surface area contributed by atoms with Gasteiger partial charge in [0.2, 0.25) is 0 Å². The second-order valence-corrected chi connectivity index (χ2v) is 2.98. The van der Waals surface area contributed by atoms with Crippen molar-refractivity contribution in [3.63, 3.8) is 0 Å². The molecule has 0 radical (unpaired) electrons. The summed E-state index contributed by atoms with van der Waals surface area (Å²) < 4.78 is 0. The van der Waals surface area contributed by atoms with E-state index in [2.05, 4.69) is 25.3 Å². The van der Waals surface area contributed by atoms with E-state index in [1.54, 1.807) is 0 Å². The maximum absolute atomic E-state index is 9.76. The lowest BCUT2D eigenvalue weighted by Gasteiger charge is -1.96. The molecular weight excluding hydrogens is 228 g/mol. The standard InChI is InChI=1S/2C3H7NO2S/c2*4-2(1-7)3(5)6/h2*2,7H,1,4H2,(H,5,6)/t2*2-/m11/s1. The Hall–Kier alpha value is -0.440. The predicted octanol–water partition coefficient (Wildman–Crippen LogP) is -1.34. The van der Waals surface area contributed by atoms with Crippen LogP contribution in [0.2, 0.25) is 0 Å². The Bertz CT molecular complexity index is 171. The smallest absolute Gasteiger partial charge is 0.321 e. The number of carboxylic acids is 2. The van der Waals surface area contributed by atoms with E-state index in [-0.39, 0.29) is 11.5 Å². The Labute approximate surface area is 92.5 Å². The van der Waals surface area contributed by atoms with E-state index in [9.17, 15) is 9.59 Å². The summed E-state index contributed by atoms with van der Waals surface area (Å²) in [5.41, 5.74) is 9.88. The van der Waals surface area contributed by atoms with Crippen LogP contribution in [0.15, 0.2) is 0 Å². The van der Waals surface area contributed by atoms with Crippen molar-refractivity contribution in [3.05, 3.63) is 0 Å². The number of hydrogen-bond donors (Lipinski definition) is 6. The first kappa shape index (κ1) is 16.0. The second-order valence-electron chi connectivity index (χ2n) is 2.25. The molecule has 0 amide bonds. The number of rotatable bonds is 4. The number of carbonyl (C=O) groups is 2. The van der Waals surface area contributed by atoms with Gasteiger partial charge in [0.1, 0.15) is 12.1 Å². The van der Waals surface area contributed by atoms with E-state index in [1.807, 2.05) is 0 Å². The molecule has 14 heavy (non-hydrogen) atoms. The summed E-state index contributed by atoms with van der Waals surface area (Å²) in [7, 11) is 0. The molecule has 0 saturated heterocycles. The minimum Gasteiger partial charge on any atom is -0.480 e. The van der Waals surface area contributed by atoms with Gasteiger partial charge >= 0.3 is 11.9 Å². The van der Waals surface area contributed by atoms with Crippen molar-refractivity contribution in [3.8, 4) is 0 Å². The molecule has 84 valence electrons. The Kier molecular flexibility index (Phi) is 10.4. The highest BCUT2D eigenvalue weighted by atomic mass is 32.1. The molecule has 0 saturated carbocycles. The molecule has 0 unspecified atom stereocenters. The van der Waals surface area contributed by atoms with Crippen molar-refractivity contribution in [2.24, 2.45) is 11.5 Å². The van der Waals surface area contributed by atoms with Gasteiger partial charge in [0, 0.05) is 11.5 Å². The third-order valence-corrected chi connectivity index (χ3v) is 1.81. The highest BCUT2D eigenvalue weighted by Crippen LogP contribution is 1.80. The van der Waals surface area contributed by atoms with Gasteiger partial charge in [-0.05, 0) is 0 Å². The van der Waals surface area contributed by atoms with Gasteiger partial charge in [0.25, 0.3) is 0 Å². The molecule has 0 aliphatic carbocycles. The van der Waals surface area contributed by atoms with E-state index in [0.29, 0.717) is 0 Å². The van der Waals surface area contributed by atoms with Gasteiger partial charge in [-0.15, -0.1) is 0 Å². The van der Waals surface area contributed by atoms with E-state index in [0.717, 1.165) is 0 Å². The van der Waals surface area contributed by atoms with Crippen LogP contribution >= 0.6 is 25.3 Å². The number of thiol groups is 2. The maximum Gasteiger partial charge on any atom is 0.321 e. The molecule has 0 heterocycles. The van der Waals surface area contributed by atoms with E-state index < -0.39 is 24.0 Å². The molecule has 2 atom stereocenters. The lowest BCUT2D eigenvalue weighted by atomic mass is 10.4. The summed E-state index contributed by atoms with van der Waals surface area (Å²) in [4.78, 5) is 19.5. The Morgan fingerprint density at radius 1 is 1.00 bits per heavy atom. The molecular formula is C6H14N2O4S2. The fourth-order valence-corrected chi connectivity index (χ4v) is 0.469. The number of aliphatic carboxylic acids is 2. The highest BCUT2D eigenvalue weighted by Gasteiger charge is 2.06. The van der Waals surface area contributed by atoms with Crippen LogP contribution in [-0.2, 0) is 9.59 Å². The van der Waals surface area contributed by atoms with Gasteiger partial charge in [0.05, 0.1) is 0 Å². The van der Waals surface area contributed by atoms with Crippen molar-refractivity contribution in [1.29, 1.82) is 0 Å². The van der Waals surface area contributed by atoms with Gasteiger partial charge < -0.3 is 21.7 Å². The molecule has 0 bridgehead atoms. The first-order valence-electron chi connectivity index (χ1n) is 3.55. The quantitative estimate of drug-likeness (QED) is 0.339. The van der Waals surface area contributed by atoms with Crippen LogP contribution in [0.5, 0.6) is 0 Å². The fraction of sp³-hybridized carbons (Fsp3) is 0.667. The van der Waals surface area contributed by atoms with Crippen LogP contribution in [0.3, 0.4) is 0 Å². The van der Waals surface area contributed by atoms with Gasteiger partial charge in [-0.2, -0.15) is 25.3 Å². The maximum atomic E-state index is 9.76. The van der Waals surface area contributed by atoms with E-state index in [1.165, 1.54) is 0 Å². The van der Waals surface area contributed by atoms with Crippen LogP contribution in [0.25, 0.3) is 0 Å². The third kappa shape index (κ3) is 9.65. The number of nitrogens with two attached hydrogens (primary N) is 2. The topological polar surface area (TPSA) is 127 Å². The molecule has 0 fully saturated rings. The zero-order chi connectivity index (χ0) is 11.7. The average molecular weight is 242 g/mol. The fourth-order valence-electron chi connectivity index (χ4n) is 0.156. The second kappa shape index (κ2) is 9.13. The average Bonchev–Trinajstić information content (AvgIpc) is 2.15. The monoisotopic (exact) mass is 242 g/mol. The van der Waals surface area contributed by atoms with Gasteiger partial charge in [0.15, 0.2) is 0 Å². The first-order valence-corrected chi connectivity index (χ1v) is 4.81. The van der Waals surface area contributed by atoms with Crippen molar-refractivity contribution in [2.45, 2.75) is 12.1 Å². The van der Waals surface area contributed by atoms with Gasteiger partial charge in [-0.1, -0.05) is 0 Å². The van der Waals surface area contributed by atoms with E-state index in [4.69, 9.17) is 21.7 Å². The molecule has 6 nitrogen and oxygen atoms in total. The zero-order valence-corrected chi connectivity index (χ0v) is 9.12. The van der Waals surface area contributed by atoms with Crippen molar-refractivity contribution in [1.82, 2.24) is 0 Å². The molecule has 6 N–H and O–H groups in total. The van der Waals surface area contributed by atoms with Crippen LogP contribution in [0.1, 0.15) is 0 Å². The van der Waals surface area contributed by atoms with Crippen molar-refractivity contribution < 1.29 is 19.8 Å². The van der Waals surface area contributed by atoms with Crippen LogP contribution in [-0.4, -0.2) is 45.7 Å².